The van der Waals surface area contributed by atoms with Gasteiger partial charge < -0.3 is 10.0 Å². The van der Waals surface area contributed by atoms with E-state index in [0.29, 0.717) is 24.4 Å². The number of aromatic nitrogens is 2. The van der Waals surface area contributed by atoms with Crippen molar-refractivity contribution < 1.29 is 14.3 Å². The van der Waals surface area contributed by atoms with Gasteiger partial charge in [-0.1, -0.05) is 12.1 Å². The van der Waals surface area contributed by atoms with E-state index in [9.17, 15) is 14.3 Å². The van der Waals surface area contributed by atoms with Crippen molar-refractivity contribution in [2.24, 2.45) is 0 Å². The van der Waals surface area contributed by atoms with Crippen molar-refractivity contribution in [3.05, 3.63) is 65.2 Å². The number of aliphatic hydroxyl groups excluding tert-OH is 1. The normalized spacial score (nSPS) is 14.8. The number of rotatable bonds is 4. The third-order valence-electron chi connectivity index (χ3n) is 4.00. The van der Waals surface area contributed by atoms with Crippen molar-refractivity contribution >= 4 is 11.5 Å². The SMILES string of the molecule is CC(C)N1CC(c2ncc(Cc3ccc(F)cc3)cn2)=C(O)C1=O. The highest BCUT2D eigenvalue weighted by Gasteiger charge is 2.33. The molecule has 1 aromatic carbocycles. The van der Waals surface area contributed by atoms with Crippen LogP contribution in [-0.2, 0) is 11.2 Å². The van der Waals surface area contributed by atoms with Gasteiger partial charge in [0.2, 0.25) is 0 Å². The largest absolute Gasteiger partial charge is 0.503 e. The van der Waals surface area contributed by atoms with Gasteiger partial charge in [0.1, 0.15) is 5.82 Å². The first kappa shape index (κ1) is 16.1. The fourth-order valence-corrected chi connectivity index (χ4v) is 2.62. The molecule has 2 aromatic rings. The Bertz CT molecular complexity index is 783. The van der Waals surface area contributed by atoms with E-state index in [2.05, 4.69) is 9.97 Å². The van der Waals surface area contributed by atoms with Gasteiger partial charge in [-0.3, -0.25) is 4.79 Å². The number of amides is 1. The quantitative estimate of drug-likeness (QED) is 0.938. The molecule has 0 fully saturated rings. The average Bonchev–Trinajstić information content (AvgIpc) is 2.86. The zero-order chi connectivity index (χ0) is 17.3. The average molecular weight is 327 g/mol. The molecule has 1 amide bonds. The number of carbonyl (C=O) groups is 1. The van der Waals surface area contributed by atoms with Gasteiger partial charge in [0.25, 0.3) is 5.91 Å². The van der Waals surface area contributed by atoms with Gasteiger partial charge in [0.15, 0.2) is 11.6 Å². The lowest BCUT2D eigenvalue weighted by molar-refractivity contribution is -0.129. The van der Waals surface area contributed by atoms with Crippen molar-refractivity contribution in [1.82, 2.24) is 14.9 Å². The molecule has 6 heteroatoms. The molecule has 0 aliphatic carbocycles. The van der Waals surface area contributed by atoms with Crippen LogP contribution in [0.5, 0.6) is 0 Å². The monoisotopic (exact) mass is 327 g/mol. The Morgan fingerprint density at radius 3 is 2.33 bits per heavy atom. The van der Waals surface area contributed by atoms with Crippen LogP contribution in [0.15, 0.2) is 42.4 Å². The number of aliphatic hydroxyl groups is 1. The second-order valence-corrected chi connectivity index (χ2v) is 6.07. The van der Waals surface area contributed by atoms with Gasteiger partial charge in [-0.15, -0.1) is 0 Å². The molecule has 1 aliphatic heterocycles. The second-order valence-electron chi connectivity index (χ2n) is 6.07. The predicted octanol–water partition coefficient (Wildman–Crippen LogP) is 2.73. The smallest absolute Gasteiger partial charge is 0.289 e. The first-order valence-electron chi connectivity index (χ1n) is 7.74. The fourth-order valence-electron chi connectivity index (χ4n) is 2.62. The lowest BCUT2D eigenvalue weighted by atomic mass is 10.1. The molecule has 124 valence electrons. The molecule has 0 unspecified atom stereocenters. The highest BCUT2D eigenvalue weighted by Crippen LogP contribution is 2.25. The standard InChI is InChI=1S/C18H18FN3O2/c1-11(2)22-10-15(16(23)18(22)24)17-20-8-13(9-21-17)7-12-3-5-14(19)6-4-12/h3-6,8-9,11,23H,7,10H2,1-2H3. The minimum atomic E-state index is -0.390. The summed E-state index contributed by atoms with van der Waals surface area (Å²) >= 11 is 0. The summed E-state index contributed by atoms with van der Waals surface area (Å²) < 4.78 is 12.9. The Kier molecular flexibility index (Phi) is 4.29. The zero-order valence-corrected chi connectivity index (χ0v) is 13.5. The highest BCUT2D eigenvalue weighted by atomic mass is 19.1. The van der Waals surface area contributed by atoms with Crippen LogP contribution in [-0.4, -0.2) is 38.5 Å². The molecule has 2 heterocycles. The Hall–Kier alpha value is -2.76. The Morgan fingerprint density at radius 1 is 1.17 bits per heavy atom. The topological polar surface area (TPSA) is 66.3 Å². The summed E-state index contributed by atoms with van der Waals surface area (Å²) in [6.45, 7) is 4.08. The van der Waals surface area contributed by atoms with E-state index in [1.165, 1.54) is 12.1 Å². The van der Waals surface area contributed by atoms with Crippen LogP contribution in [0, 0.1) is 5.82 Å². The summed E-state index contributed by atoms with van der Waals surface area (Å²) in [5, 5.41) is 10.0. The predicted molar refractivity (Wildman–Crippen MR) is 87.6 cm³/mol. The zero-order valence-electron chi connectivity index (χ0n) is 13.5. The third kappa shape index (κ3) is 3.13. The number of benzene rings is 1. The summed E-state index contributed by atoms with van der Waals surface area (Å²) in [5.74, 6) is -0.589. The molecule has 1 aliphatic rings. The molecule has 1 aromatic heterocycles. The van der Waals surface area contributed by atoms with Crippen LogP contribution in [0.3, 0.4) is 0 Å². The molecule has 0 saturated heterocycles. The van der Waals surface area contributed by atoms with Crippen LogP contribution in [0.4, 0.5) is 4.39 Å². The number of carbonyl (C=O) groups excluding carboxylic acids is 1. The van der Waals surface area contributed by atoms with E-state index in [-0.39, 0.29) is 23.5 Å². The van der Waals surface area contributed by atoms with Crippen molar-refractivity contribution in [1.29, 1.82) is 0 Å². The number of hydrogen-bond acceptors (Lipinski definition) is 4. The molecule has 3 rings (SSSR count). The Labute approximate surface area is 139 Å². The van der Waals surface area contributed by atoms with Gasteiger partial charge in [-0.25, -0.2) is 14.4 Å². The van der Waals surface area contributed by atoms with Gasteiger partial charge in [-0.05, 0) is 37.1 Å². The van der Waals surface area contributed by atoms with Gasteiger partial charge in [0, 0.05) is 24.9 Å². The first-order chi connectivity index (χ1) is 11.5. The van der Waals surface area contributed by atoms with Crippen molar-refractivity contribution in [3.8, 4) is 0 Å². The highest BCUT2D eigenvalue weighted by molar-refractivity contribution is 6.03. The Morgan fingerprint density at radius 2 is 1.79 bits per heavy atom. The van der Waals surface area contributed by atoms with Crippen LogP contribution in [0.25, 0.3) is 5.57 Å². The van der Waals surface area contributed by atoms with Crippen LogP contribution in [0.2, 0.25) is 0 Å². The minimum absolute atomic E-state index is 0.00472. The second kappa shape index (κ2) is 6.39. The molecule has 5 nitrogen and oxygen atoms in total. The van der Waals surface area contributed by atoms with Crippen molar-refractivity contribution in [2.45, 2.75) is 26.3 Å². The van der Waals surface area contributed by atoms with E-state index < -0.39 is 0 Å². The minimum Gasteiger partial charge on any atom is -0.503 e. The molecule has 0 radical (unpaired) electrons. The fraction of sp³-hybridized carbons (Fsp3) is 0.278. The summed E-state index contributed by atoms with van der Waals surface area (Å²) in [6.07, 6.45) is 3.91. The third-order valence-corrected chi connectivity index (χ3v) is 4.00. The lowest BCUT2D eigenvalue weighted by Gasteiger charge is -2.20. The van der Waals surface area contributed by atoms with E-state index >= 15 is 0 Å². The maximum atomic E-state index is 12.9. The summed E-state index contributed by atoms with van der Waals surface area (Å²) in [6, 6.07) is 6.26. The molecular formula is C18H18FN3O2. The van der Waals surface area contributed by atoms with Crippen LogP contribution >= 0.6 is 0 Å². The van der Waals surface area contributed by atoms with Gasteiger partial charge in [-0.2, -0.15) is 0 Å². The number of nitrogens with zero attached hydrogens (tertiary/aromatic N) is 3. The molecule has 0 saturated carbocycles. The molecule has 1 N–H and O–H groups in total. The Balaban J connectivity index is 1.77. The first-order valence-corrected chi connectivity index (χ1v) is 7.74. The van der Waals surface area contributed by atoms with E-state index in [0.717, 1.165) is 11.1 Å². The molecule has 0 bridgehead atoms. The van der Waals surface area contributed by atoms with Crippen molar-refractivity contribution in [2.75, 3.05) is 6.54 Å². The number of hydrogen-bond donors (Lipinski definition) is 1. The van der Waals surface area contributed by atoms with E-state index in [1.807, 2.05) is 13.8 Å². The summed E-state index contributed by atoms with van der Waals surface area (Å²) in [7, 11) is 0. The van der Waals surface area contributed by atoms with Crippen molar-refractivity contribution in [3.63, 3.8) is 0 Å². The van der Waals surface area contributed by atoms with Gasteiger partial charge >= 0.3 is 0 Å². The number of halogens is 1. The van der Waals surface area contributed by atoms with Crippen LogP contribution in [0.1, 0.15) is 30.8 Å². The maximum absolute atomic E-state index is 12.9. The van der Waals surface area contributed by atoms with Gasteiger partial charge in [0.05, 0.1) is 12.1 Å². The molecule has 0 spiro atoms. The summed E-state index contributed by atoms with van der Waals surface area (Å²) in [5.41, 5.74) is 2.27. The lowest BCUT2D eigenvalue weighted by Crippen LogP contribution is -2.33. The molecule has 24 heavy (non-hydrogen) atoms. The summed E-state index contributed by atoms with van der Waals surface area (Å²) in [4.78, 5) is 22.1. The van der Waals surface area contributed by atoms with E-state index in [1.54, 1.807) is 29.4 Å². The maximum Gasteiger partial charge on any atom is 0.289 e. The molecular weight excluding hydrogens is 309 g/mol. The van der Waals surface area contributed by atoms with E-state index in [4.69, 9.17) is 0 Å². The molecule has 0 atom stereocenters. The van der Waals surface area contributed by atoms with Crippen LogP contribution < -0.4 is 0 Å².